The fraction of sp³-hybridized carbons (Fsp3) is 0.143. The van der Waals surface area contributed by atoms with Crippen LogP contribution < -0.4 is 5.32 Å². The third kappa shape index (κ3) is 3.03. The minimum Gasteiger partial charge on any atom is -0.369 e. The van der Waals surface area contributed by atoms with Crippen molar-refractivity contribution in [2.45, 2.75) is 6.42 Å². The van der Waals surface area contributed by atoms with E-state index in [1.54, 1.807) is 11.3 Å². The number of rotatable bonds is 4. The summed E-state index contributed by atoms with van der Waals surface area (Å²) in [6.07, 6.45) is 0.893. The minimum atomic E-state index is 0.272. The van der Waals surface area contributed by atoms with Crippen molar-refractivity contribution in [3.63, 3.8) is 0 Å². The fourth-order valence-electron chi connectivity index (χ4n) is 1.94. The SMILES string of the molecule is Clc1ccc(CCNc2nc(Cl)nc3sccc23)cc1. The third-order valence-electron chi connectivity index (χ3n) is 2.92. The molecular formula is C14H11Cl2N3S. The summed E-state index contributed by atoms with van der Waals surface area (Å²) < 4.78 is 0. The van der Waals surface area contributed by atoms with Crippen molar-refractivity contribution in [2.24, 2.45) is 0 Å². The van der Waals surface area contributed by atoms with E-state index in [0.29, 0.717) is 0 Å². The summed E-state index contributed by atoms with van der Waals surface area (Å²) in [5.74, 6) is 0.787. The largest absolute Gasteiger partial charge is 0.369 e. The first-order chi connectivity index (χ1) is 9.72. The Kier molecular flexibility index (Phi) is 4.05. The molecule has 0 radical (unpaired) electrons. The average Bonchev–Trinajstić information content (AvgIpc) is 2.89. The quantitative estimate of drug-likeness (QED) is 0.710. The number of aromatic nitrogens is 2. The van der Waals surface area contributed by atoms with Gasteiger partial charge in [-0.3, -0.25) is 0 Å². The molecule has 0 saturated heterocycles. The van der Waals surface area contributed by atoms with Gasteiger partial charge in [0.25, 0.3) is 0 Å². The van der Waals surface area contributed by atoms with E-state index < -0.39 is 0 Å². The molecular weight excluding hydrogens is 313 g/mol. The first-order valence-corrected chi connectivity index (χ1v) is 7.75. The van der Waals surface area contributed by atoms with Gasteiger partial charge in [0.1, 0.15) is 10.6 Å². The van der Waals surface area contributed by atoms with Crippen molar-refractivity contribution in [1.29, 1.82) is 0 Å². The van der Waals surface area contributed by atoms with E-state index in [1.807, 2.05) is 35.7 Å². The Labute approximate surface area is 130 Å². The molecule has 0 spiro atoms. The van der Waals surface area contributed by atoms with Gasteiger partial charge < -0.3 is 5.32 Å². The van der Waals surface area contributed by atoms with Crippen LogP contribution in [0.2, 0.25) is 10.3 Å². The highest BCUT2D eigenvalue weighted by Crippen LogP contribution is 2.26. The first kappa shape index (κ1) is 13.6. The molecule has 1 aromatic carbocycles. The van der Waals surface area contributed by atoms with E-state index >= 15 is 0 Å². The molecule has 0 amide bonds. The lowest BCUT2D eigenvalue weighted by atomic mass is 10.1. The van der Waals surface area contributed by atoms with Crippen molar-refractivity contribution in [3.8, 4) is 0 Å². The van der Waals surface area contributed by atoms with Crippen LogP contribution in [-0.2, 0) is 6.42 Å². The molecule has 0 saturated carbocycles. The second-order valence-corrected chi connectivity index (χ2v) is 5.95. The van der Waals surface area contributed by atoms with Gasteiger partial charge in [0.2, 0.25) is 5.28 Å². The number of halogens is 2. The van der Waals surface area contributed by atoms with Crippen LogP contribution in [0.15, 0.2) is 35.7 Å². The van der Waals surface area contributed by atoms with Crippen LogP contribution in [0.4, 0.5) is 5.82 Å². The number of thiophene rings is 1. The van der Waals surface area contributed by atoms with Crippen molar-refractivity contribution in [1.82, 2.24) is 9.97 Å². The summed E-state index contributed by atoms with van der Waals surface area (Å²) in [6, 6.07) is 9.85. The second-order valence-electron chi connectivity index (χ2n) is 4.28. The van der Waals surface area contributed by atoms with Crippen LogP contribution in [0.1, 0.15) is 5.56 Å². The first-order valence-electron chi connectivity index (χ1n) is 6.11. The average molecular weight is 324 g/mol. The molecule has 102 valence electrons. The highest BCUT2D eigenvalue weighted by molar-refractivity contribution is 7.16. The van der Waals surface area contributed by atoms with Gasteiger partial charge in [-0.1, -0.05) is 23.7 Å². The Bertz CT molecular complexity index is 725. The maximum Gasteiger partial charge on any atom is 0.225 e. The zero-order chi connectivity index (χ0) is 13.9. The molecule has 3 rings (SSSR count). The number of benzene rings is 1. The maximum atomic E-state index is 5.92. The lowest BCUT2D eigenvalue weighted by Crippen LogP contribution is -2.07. The lowest BCUT2D eigenvalue weighted by Gasteiger charge is -2.07. The molecule has 2 heterocycles. The van der Waals surface area contributed by atoms with Crippen LogP contribution in [0.25, 0.3) is 10.2 Å². The smallest absolute Gasteiger partial charge is 0.225 e. The zero-order valence-electron chi connectivity index (χ0n) is 10.4. The van der Waals surface area contributed by atoms with E-state index in [4.69, 9.17) is 23.2 Å². The Balaban J connectivity index is 1.70. The molecule has 6 heteroatoms. The lowest BCUT2D eigenvalue weighted by molar-refractivity contribution is 1.01. The van der Waals surface area contributed by atoms with Gasteiger partial charge in [-0.15, -0.1) is 11.3 Å². The molecule has 2 aromatic heterocycles. The highest BCUT2D eigenvalue weighted by Gasteiger charge is 2.07. The van der Waals surface area contributed by atoms with Gasteiger partial charge in [0.15, 0.2) is 0 Å². The monoisotopic (exact) mass is 323 g/mol. The number of anilines is 1. The standard InChI is InChI=1S/C14H11Cl2N3S/c15-10-3-1-9(2-4-10)5-7-17-12-11-6-8-20-13(11)19-14(16)18-12/h1-4,6,8H,5,7H2,(H,17,18,19). The molecule has 0 fully saturated rings. The molecule has 0 aliphatic carbocycles. The van der Waals surface area contributed by atoms with Crippen molar-refractivity contribution >= 4 is 50.6 Å². The van der Waals surface area contributed by atoms with E-state index in [2.05, 4.69) is 15.3 Å². The van der Waals surface area contributed by atoms with Crippen molar-refractivity contribution in [3.05, 3.63) is 51.6 Å². The third-order valence-corrected chi connectivity index (χ3v) is 4.14. The summed E-state index contributed by atoms with van der Waals surface area (Å²) in [5, 5.41) is 7.34. The summed E-state index contributed by atoms with van der Waals surface area (Å²) in [6.45, 7) is 0.778. The second kappa shape index (κ2) is 5.95. The Morgan fingerprint density at radius 2 is 1.85 bits per heavy atom. The summed E-state index contributed by atoms with van der Waals surface area (Å²) in [7, 11) is 0. The summed E-state index contributed by atoms with van der Waals surface area (Å²) >= 11 is 13.3. The predicted molar refractivity (Wildman–Crippen MR) is 86.1 cm³/mol. The molecule has 3 nitrogen and oxygen atoms in total. The molecule has 3 aromatic rings. The van der Waals surface area contributed by atoms with E-state index in [9.17, 15) is 0 Å². The van der Waals surface area contributed by atoms with Gasteiger partial charge in [-0.25, -0.2) is 9.97 Å². The fourth-order valence-corrected chi connectivity index (χ4v) is 3.05. The van der Waals surface area contributed by atoms with Crippen LogP contribution in [-0.4, -0.2) is 16.5 Å². The van der Waals surface area contributed by atoms with Crippen LogP contribution in [0.3, 0.4) is 0 Å². The molecule has 0 unspecified atom stereocenters. The summed E-state index contributed by atoms with van der Waals surface area (Å²) in [5.41, 5.74) is 1.23. The minimum absolute atomic E-state index is 0.272. The van der Waals surface area contributed by atoms with Gasteiger partial charge in [-0.2, -0.15) is 0 Å². The van der Waals surface area contributed by atoms with Gasteiger partial charge in [0, 0.05) is 11.6 Å². The zero-order valence-corrected chi connectivity index (χ0v) is 12.8. The van der Waals surface area contributed by atoms with Crippen molar-refractivity contribution in [2.75, 3.05) is 11.9 Å². The molecule has 0 atom stereocenters. The van der Waals surface area contributed by atoms with E-state index in [-0.39, 0.29) is 5.28 Å². The predicted octanol–water partition coefficient (Wildman–Crippen LogP) is 4.65. The maximum absolute atomic E-state index is 5.92. The molecule has 20 heavy (non-hydrogen) atoms. The van der Waals surface area contributed by atoms with Gasteiger partial charge >= 0.3 is 0 Å². The molecule has 1 N–H and O–H groups in total. The number of nitrogens with zero attached hydrogens (tertiary/aromatic N) is 2. The molecule has 0 aliphatic heterocycles. The number of hydrogen-bond donors (Lipinski definition) is 1. The molecule has 0 aliphatic rings. The van der Waals surface area contributed by atoms with Crippen LogP contribution in [0.5, 0.6) is 0 Å². The normalized spacial score (nSPS) is 10.9. The van der Waals surface area contributed by atoms with E-state index in [0.717, 1.165) is 34.0 Å². The Morgan fingerprint density at radius 3 is 2.65 bits per heavy atom. The Morgan fingerprint density at radius 1 is 1.05 bits per heavy atom. The van der Waals surface area contributed by atoms with Crippen LogP contribution >= 0.6 is 34.5 Å². The topological polar surface area (TPSA) is 37.8 Å². The number of nitrogens with one attached hydrogen (secondary N) is 1. The molecule has 0 bridgehead atoms. The van der Waals surface area contributed by atoms with Gasteiger partial charge in [0.05, 0.1) is 5.39 Å². The summed E-state index contributed by atoms with van der Waals surface area (Å²) in [4.78, 5) is 9.34. The number of fused-ring (bicyclic) bond motifs is 1. The van der Waals surface area contributed by atoms with E-state index in [1.165, 1.54) is 5.56 Å². The highest BCUT2D eigenvalue weighted by atomic mass is 35.5. The van der Waals surface area contributed by atoms with Crippen LogP contribution in [0, 0.1) is 0 Å². The number of hydrogen-bond acceptors (Lipinski definition) is 4. The van der Waals surface area contributed by atoms with Crippen molar-refractivity contribution < 1.29 is 0 Å². The van der Waals surface area contributed by atoms with Gasteiger partial charge in [-0.05, 0) is 47.2 Å². The Hall–Kier alpha value is -1.36.